The molecule has 0 spiro atoms. The minimum absolute atomic E-state index is 0.438. The molecular formula is C14H14BrO2P. The molecule has 0 radical (unpaired) electrons. The Kier molecular flexibility index (Phi) is 4.76. The van der Waals surface area contributed by atoms with Crippen LogP contribution in [0, 0.1) is 0 Å². The molecule has 0 atom stereocenters. The van der Waals surface area contributed by atoms with Gasteiger partial charge in [-0.05, 0) is 11.1 Å². The lowest BCUT2D eigenvalue weighted by atomic mass is 10.2. The van der Waals surface area contributed by atoms with E-state index in [1.165, 1.54) is 0 Å². The van der Waals surface area contributed by atoms with E-state index in [-0.39, 0.29) is 0 Å². The molecule has 0 unspecified atom stereocenters. The van der Waals surface area contributed by atoms with Crippen LogP contribution in [0.25, 0.3) is 0 Å². The average Bonchev–Trinajstić information content (AvgIpc) is 2.41. The molecule has 0 aromatic heterocycles. The molecule has 0 amide bonds. The second kappa shape index (κ2) is 6.33. The van der Waals surface area contributed by atoms with Gasteiger partial charge >= 0.3 is 0 Å². The van der Waals surface area contributed by atoms with Crippen LogP contribution in [0.1, 0.15) is 11.1 Å². The van der Waals surface area contributed by atoms with Crippen molar-refractivity contribution in [3.8, 4) is 0 Å². The fourth-order valence-corrected chi connectivity index (χ4v) is 4.19. The highest BCUT2D eigenvalue weighted by molar-refractivity contribution is 9.06. The first-order valence-electron chi connectivity index (χ1n) is 5.68. The summed E-state index contributed by atoms with van der Waals surface area (Å²) in [6.45, 7) is 0. The van der Waals surface area contributed by atoms with Gasteiger partial charge in [0.25, 0.3) is 0 Å². The molecule has 2 nitrogen and oxygen atoms in total. The third kappa shape index (κ3) is 3.81. The lowest BCUT2D eigenvalue weighted by Crippen LogP contribution is -1.93. The Morgan fingerprint density at radius 1 is 0.833 bits per heavy atom. The highest BCUT2D eigenvalue weighted by Gasteiger charge is 2.23. The quantitative estimate of drug-likeness (QED) is 0.724. The van der Waals surface area contributed by atoms with Crippen LogP contribution in [0.4, 0.5) is 0 Å². The Hall–Kier alpha value is -0.890. The molecule has 0 saturated carbocycles. The molecule has 0 heterocycles. The van der Waals surface area contributed by atoms with Gasteiger partial charge in [-0.15, -0.1) is 0 Å². The molecule has 18 heavy (non-hydrogen) atoms. The maximum atomic E-state index is 12.7. The first kappa shape index (κ1) is 13.5. The maximum Gasteiger partial charge on any atom is 0.222 e. The zero-order chi connectivity index (χ0) is 12.8. The highest BCUT2D eigenvalue weighted by atomic mass is 79.9. The Bertz CT molecular complexity index is 483. The topological polar surface area (TPSA) is 26.3 Å². The Balaban J connectivity index is 2.14. The van der Waals surface area contributed by atoms with E-state index in [9.17, 15) is 4.57 Å². The van der Waals surface area contributed by atoms with Crippen LogP contribution < -0.4 is 0 Å². The second-order valence-corrected chi connectivity index (χ2v) is 7.44. The van der Waals surface area contributed by atoms with Gasteiger partial charge in [0.2, 0.25) is 7.37 Å². The predicted octanol–water partition coefficient (Wildman–Crippen LogP) is 4.99. The van der Waals surface area contributed by atoms with Gasteiger partial charge in [0, 0.05) is 0 Å². The first-order valence-corrected chi connectivity index (χ1v) is 8.32. The summed E-state index contributed by atoms with van der Waals surface area (Å²) in [6.07, 6.45) is 0.877. The number of rotatable bonds is 5. The molecule has 0 fully saturated rings. The van der Waals surface area contributed by atoms with Crippen LogP contribution in [-0.2, 0) is 20.5 Å². The summed E-state index contributed by atoms with van der Waals surface area (Å²) in [5.41, 5.74) is 2.05. The SMILES string of the molecule is O=P(Cc1ccccc1)(Cc1ccccc1)OBr. The molecule has 0 aliphatic carbocycles. The van der Waals surface area contributed by atoms with E-state index < -0.39 is 7.37 Å². The molecule has 2 aromatic rings. The lowest BCUT2D eigenvalue weighted by molar-refractivity contribution is 0.516. The molecule has 0 bridgehead atoms. The molecule has 0 aliphatic rings. The van der Waals surface area contributed by atoms with Gasteiger partial charge in [-0.1, -0.05) is 60.7 Å². The zero-order valence-electron chi connectivity index (χ0n) is 9.83. The molecule has 2 aromatic carbocycles. The number of hydrogen-bond acceptors (Lipinski definition) is 2. The van der Waals surface area contributed by atoms with Crippen molar-refractivity contribution in [1.82, 2.24) is 0 Å². The van der Waals surface area contributed by atoms with Gasteiger partial charge in [0.05, 0.1) is 12.3 Å². The Morgan fingerprint density at radius 3 is 1.56 bits per heavy atom. The number of benzene rings is 2. The van der Waals surface area contributed by atoms with E-state index in [2.05, 4.69) is 16.3 Å². The van der Waals surface area contributed by atoms with E-state index >= 15 is 0 Å². The van der Waals surface area contributed by atoms with Crippen LogP contribution in [0.2, 0.25) is 0 Å². The van der Waals surface area contributed by atoms with Crippen LogP contribution in [0.5, 0.6) is 0 Å². The summed E-state index contributed by atoms with van der Waals surface area (Å²) in [7, 11) is -2.73. The smallest absolute Gasteiger partial charge is 0.222 e. The standard InChI is InChI=1S/C14H14BrO2P/c15-17-18(16,11-13-7-3-1-4-8-13)12-14-9-5-2-6-10-14/h1-10H,11-12H2. The van der Waals surface area contributed by atoms with Gasteiger partial charge in [0.15, 0.2) is 0 Å². The first-order chi connectivity index (χ1) is 8.72. The summed E-state index contributed by atoms with van der Waals surface area (Å²) in [5, 5.41) is 0. The van der Waals surface area contributed by atoms with Crippen LogP contribution in [0.3, 0.4) is 0 Å². The lowest BCUT2D eigenvalue weighted by Gasteiger charge is -2.14. The molecule has 4 heteroatoms. The van der Waals surface area contributed by atoms with E-state index in [1.807, 2.05) is 60.7 Å². The summed E-state index contributed by atoms with van der Waals surface area (Å²) >= 11 is 2.92. The Labute approximate surface area is 116 Å². The zero-order valence-corrected chi connectivity index (χ0v) is 12.3. The van der Waals surface area contributed by atoms with Crippen molar-refractivity contribution in [3.63, 3.8) is 0 Å². The van der Waals surface area contributed by atoms with Gasteiger partial charge in [0.1, 0.15) is 16.3 Å². The second-order valence-electron chi connectivity index (χ2n) is 4.17. The summed E-state index contributed by atoms with van der Waals surface area (Å²) in [4.78, 5) is 0. The molecule has 2 rings (SSSR count). The van der Waals surface area contributed by atoms with Crippen LogP contribution >= 0.6 is 23.6 Å². The van der Waals surface area contributed by atoms with Gasteiger partial charge in [-0.25, -0.2) is 3.62 Å². The normalized spacial score (nSPS) is 11.4. The fraction of sp³-hybridized carbons (Fsp3) is 0.143. The van der Waals surface area contributed by atoms with Crippen LogP contribution in [0.15, 0.2) is 60.7 Å². The molecule has 0 aliphatic heterocycles. The van der Waals surface area contributed by atoms with Gasteiger partial charge in [-0.2, -0.15) is 0 Å². The van der Waals surface area contributed by atoms with E-state index in [0.717, 1.165) is 11.1 Å². The molecule has 0 saturated heterocycles. The fourth-order valence-electron chi connectivity index (χ4n) is 1.83. The highest BCUT2D eigenvalue weighted by Crippen LogP contribution is 2.54. The van der Waals surface area contributed by atoms with Crippen molar-refractivity contribution in [2.75, 3.05) is 0 Å². The number of halogens is 1. The van der Waals surface area contributed by atoms with Crippen molar-refractivity contribution in [3.05, 3.63) is 71.8 Å². The summed E-state index contributed by atoms with van der Waals surface area (Å²) in [6, 6.07) is 19.5. The predicted molar refractivity (Wildman–Crippen MR) is 77.9 cm³/mol. The van der Waals surface area contributed by atoms with E-state index in [1.54, 1.807) is 0 Å². The van der Waals surface area contributed by atoms with E-state index in [4.69, 9.17) is 3.62 Å². The largest absolute Gasteiger partial charge is 0.291 e. The third-order valence-corrected chi connectivity index (χ3v) is 6.19. The van der Waals surface area contributed by atoms with Crippen molar-refractivity contribution in [2.24, 2.45) is 0 Å². The Morgan fingerprint density at radius 2 is 1.22 bits per heavy atom. The molecule has 94 valence electrons. The van der Waals surface area contributed by atoms with Crippen molar-refractivity contribution < 1.29 is 8.18 Å². The van der Waals surface area contributed by atoms with Crippen molar-refractivity contribution in [1.29, 1.82) is 0 Å². The minimum atomic E-state index is -2.73. The third-order valence-electron chi connectivity index (χ3n) is 2.66. The maximum absolute atomic E-state index is 12.7. The van der Waals surface area contributed by atoms with Crippen LogP contribution in [-0.4, -0.2) is 0 Å². The summed E-state index contributed by atoms with van der Waals surface area (Å²) in [5.74, 6) is 0. The monoisotopic (exact) mass is 324 g/mol. The van der Waals surface area contributed by atoms with Gasteiger partial charge < -0.3 is 0 Å². The van der Waals surface area contributed by atoms with Crippen molar-refractivity contribution >= 4 is 23.6 Å². The minimum Gasteiger partial charge on any atom is -0.291 e. The number of hydrogen-bond donors (Lipinski definition) is 0. The van der Waals surface area contributed by atoms with Crippen molar-refractivity contribution in [2.45, 2.75) is 12.3 Å². The van der Waals surface area contributed by atoms with Gasteiger partial charge in [-0.3, -0.25) is 4.57 Å². The molecular weight excluding hydrogens is 311 g/mol. The summed E-state index contributed by atoms with van der Waals surface area (Å²) < 4.78 is 17.8. The average molecular weight is 325 g/mol. The molecule has 0 N–H and O–H groups in total. The van der Waals surface area contributed by atoms with E-state index in [0.29, 0.717) is 12.3 Å².